The molecule has 0 aliphatic heterocycles. The lowest BCUT2D eigenvalue weighted by Gasteiger charge is -2.11. The van der Waals surface area contributed by atoms with Gasteiger partial charge in [0.05, 0.1) is 11.1 Å². The lowest BCUT2D eigenvalue weighted by Crippen LogP contribution is -2.09. The van der Waals surface area contributed by atoms with Gasteiger partial charge >= 0.3 is 0 Å². The highest BCUT2D eigenvalue weighted by molar-refractivity contribution is 9.10. The Kier molecular flexibility index (Phi) is 4.93. The number of ether oxygens (including phenoxy) is 1. The van der Waals surface area contributed by atoms with Crippen LogP contribution >= 0.6 is 15.9 Å². The van der Waals surface area contributed by atoms with Crippen LogP contribution < -0.4 is 10.1 Å². The second-order valence-electron chi connectivity index (χ2n) is 2.83. The van der Waals surface area contributed by atoms with Crippen molar-refractivity contribution in [1.82, 2.24) is 5.32 Å². The van der Waals surface area contributed by atoms with Crippen LogP contribution in [0.1, 0.15) is 5.56 Å². The Labute approximate surface area is 92.2 Å². The van der Waals surface area contributed by atoms with Gasteiger partial charge in [-0.25, -0.2) is 0 Å². The van der Waals surface area contributed by atoms with Crippen molar-refractivity contribution in [3.63, 3.8) is 0 Å². The molecule has 3 nitrogen and oxygen atoms in total. The standard InChI is InChI=1S/C10H14BrNO2/c1-12-7-8-3-2-4-9(11)10(8)14-6-5-13/h2-4,12-13H,5-7H2,1H3. The zero-order chi connectivity index (χ0) is 10.4. The molecule has 0 heterocycles. The quantitative estimate of drug-likeness (QED) is 0.843. The Morgan fingerprint density at radius 2 is 2.29 bits per heavy atom. The molecule has 0 saturated carbocycles. The largest absolute Gasteiger partial charge is 0.490 e. The van der Waals surface area contributed by atoms with Gasteiger partial charge < -0.3 is 15.2 Å². The van der Waals surface area contributed by atoms with Gasteiger partial charge in [-0.3, -0.25) is 0 Å². The Hall–Kier alpha value is -0.580. The fourth-order valence-corrected chi connectivity index (χ4v) is 1.71. The number of aliphatic hydroxyl groups is 1. The molecule has 0 spiro atoms. The van der Waals surface area contributed by atoms with Crippen molar-refractivity contribution in [1.29, 1.82) is 0 Å². The third-order valence-electron chi connectivity index (χ3n) is 1.75. The summed E-state index contributed by atoms with van der Waals surface area (Å²) in [6.45, 7) is 1.10. The highest BCUT2D eigenvalue weighted by atomic mass is 79.9. The molecule has 2 N–H and O–H groups in total. The Balaban J connectivity index is 2.84. The van der Waals surface area contributed by atoms with Gasteiger partial charge in [0.1, 0.15) is 12.4 Å². The molecule has 0 atom stereocenters. The predicted molar refractivity (Wildman–Crippen MR) is 59.5 cm³/mol. The predicted octanol–water partition coefficient (Wildman–Crippen LogP) is 1.54. The lowest BCUT2D eigenvalue weighted by atomic mass is 10.2. The van der Waals surface area contributed by atoms with Crippen LogP contribution in [0.4, 0.5) is 0 Å². The van der Waals surface area contributed by atoms with E-state index in [2.05, 4.69) is 21.2 Å². The summed E-state index contributed by atoms with van der Waals surface area (Å²) in [7, 11) is 1.89. The van der Waals surface area contributed by atoms with Crippen molar-refractivity contribution >= 4 is 15.9 Å². The number of benzene rings is 1. The number of para-hydroxylation sites is 1. The minimum absolute atomic E-state index is 0.0281. The molecule has 1 rings (SSSR count). The first-order valence-electron chi connectivity index (χ1n) is 4.45. The third kappa shape index (κ3) is 2.97. The number of hydrogen-bond acceptors (Lipinski definition) is 3. The van der Waals surface area contributed by atoms with E-state index in [0.29, 0.717) is 6.61 Å². The van der Waals surface area contributed by atoms with Crippen molar-refractivity contribution in [2.24, 2.45) is 0 Å². The maximum atomic E-state index is 8.68. The Morgan fingerprint density at radius 1 is 1.50 bits per heavy atom. The highest BCUT2D eigenvalue weighted by Crippen LogP contribution is 2.28. The van der Waals surface area contributed by atoms with E-state index in [1.807, 2.05) is 25.2 Å². The van der Waals surface area contributed by atoms with Gasteiger partial charge in [-0.1, -0.05) is 12.1 Å². The molecule has 1 aromatic carbocycles. The fraction of sp³-hybridized carbons (Fsp3) is 0.400. The van der Waals surface area contributed by atoms with Gasteiger partial charge in [-0.05, 0) is 29.0 Å². The van der Waals surface area contributed by atoms with Crippen LogP contribution in [0.5, 0.6) is 5.75 Å². The molecular formula is C10H14BrNO2. The van der Waals surface area contributed by atoms with Crippen LogP contribution in [0.25, 0.3) is 0 Å². The molecule has 0 aliphatic carbocycles. The molecule has 14 heavy (non-hydrogen) atoms. The van der Waals surface area contributed by atoms with Crippen molar-refractivity contribution < 1.29 is 9.84 Å². The lowest BCUT2D eigenvalue weighted by molar-refractivity contribution is 0.199. The minimum Gasteiger partial charge on any atom is -0.490 e. The zero-order valence-electron chi connectivity index (χ0n) is 8.09. The molecule has 0 bridgehead atoms. The average Bonchev–Trinajstić information content (AvgIpc) is 2.18. The van der Waals surface area contributed by atoms with Gasteiger partial charge in [0.15, 0.2) is 0 Å². The van der Waals surface area contributed by atoms with Crippen molar-refractivity contribution in [3.05, 3.63) is 28.2 Å². The molecule has 0 aromatic heterocycles. The summed E-state index contributed by atoms with van der Waals surface area (Å²) in [6, 6.07) is 5.88. The van der Waals surface area contributed by atoms with Gasteiger partial charge in [0.25, 0.3) is 0 Å². The van der Waals surface area contributed by atoms with Gasteiger partial charge in [0.2, 0.25) is 0 Å². The Bertz CT molecular complexity index is 291. The van der Waals surface area contributed by atoms with E-state index in [1.165, 1.54) is 0 Å². The summed E-state index contributed by atoms with van der Waals surface area (Å²) >= 11 is 3.41. The normalized spacial score (nSPS) is 10.2. The first-order chi connectivity index (χ1) is 6.79. The van der Waals surface area contributed by atoms with E-state index in [1.54, 1.807) is 0 Å². The number of aliphatic hydroxyl groups excluding tert-OH is 1. The van der Waals surface area contributed by atoms with E-state index >= 15 is 0 Å². The van der Waals surface area contributed by atoms with E-state index in [0.717, 1.165) is 22.3 Å². The van der Waals surface area contributed by atoms with Crippen LogP contribution in [0.2, 0.25) is 0 Å². The molecule has 78 valence electrons. The fourth-order valence-electron chi connectivity index (χ4n) is 1.19. The smallest absolute Gasteiger partial charge is 0.138 e. The zero-order valence-corrected chi connectivity index (χ0v) is 9.67. The van der Waals surface area contributed by atoms with Crippen molar-refractivity contribution in [2.75, 3.05) is 20.3 Å². The maximum absolute atomic E-state index is 8.68. The molecule has 1 aromatic rings. The average molecular weight is 260 g/mol. The van der Waals surface area contributed by atoms with Crippen LogP contribution in [-0.4, -0.2) is 25.4 Å². The van der Waals surface area contributed by atoms with Gasteiger partial charge in [0, 0.05) is 12.1 Å². The third-order valence-corrected chi connectivity index (χ3v) is 2.38. The van der Waals surface area contributed by atoms with E-state index in [4.69, 9.17) is 9.84 Å². The van der Waals surface area contributed by atoms with E-state index in [-0.39, 0.29) is 6.61 Å². The molecule has 0 saturated heterocycles. The second-order valence-corrected chi connectivity index (χ2v) is 3.68. The van der Waals surface area contributed by atoms with Crippen LogP contribution in [0.15, 0.2) is 22.7 Å². The first kappa shape index (κ1) is 11.5. The van der Waals surface area contributed by atoms with Crippen LogP contribution in [0, 0.1) is 0 Å². The maximum Gasteiger partial charge on any atom is 0.138 e. The molecule has 0 amide bonds. The van der Waals surface area contributed by atoms with Gasteiger partial charge in [-0.2, -0.15) is 0 Å². The highest BCUT2D eigenvalue weighted by Gasteiger charge is 2.06. The summed E-state index contributed by atoms with van der Waals surface area (Å²) in [6.07, 6.45) is 0. The number of rotatable bonds is 5. The molecule has 0 radical (unpaired) electrons. The van der Waals surface area contributed by atoms with Crippen LogP contribution in [-0.2, 0) is 6.54 Å². The Morgan fingerprint density at radius 3 is 2.93 bits per heavy atom. The minimum atomic E-state index is 0.0281. The van der Waals surface area contributed by atoms with Crippen LogP contribution in [0.3, 0.4) is 0 Å². The summed E-state index contributed by atoms with van der Waals surface area (Å²) in [5.74, 6) is 0.802. The van der Waals surface area contributed by atoms with Crippen molar-refractivity contribution in [3.8, 4) is 5.75 Å². The first-order valence-corrected chi connectivity index (χ1v) is 5.24. The topological polar surface area (TPSA) is 41.5 Å². The SMILES string of the molecule is CNCc1cccc(Br)c1OCCO. The molecule has 4 heteroatoms. The monoisotopic (exact) mass is 259 g/mol. The summed E-state index contributed by atoms with van der Waals surface area (Å²) in [5.41, 5.74) is 1.08. The summed E-state index contributed by atoms with van der Waals surface area (Å²) in [5, 5.41) is 11.7. The second kappa shape index (κ2) is 6.01. The molecule has 0 aliphatic rings. The molecule has 0 fully saturated rings. The van der Waals surface area contributed by atoms with Gasteiger partial charge in [-0.15, -0.1) is 0 Å². The molecule has 0 unspecified atom stereocenters. The number of halogens is 1. The van der Waals surface area contributed by atoms with Crippen molar-refractivity contribution in [2.45, 2.75) is 6.54 Å². The van der Waals surface area contributed by atoms with E-state index < -0.39 is 0 Å². The molecular weight excluding hydrogens is 246 g/mol. The van der Waals surface area contributed by atoms with E-state index in [9.17, 15) is 0 Å². The summed E-state index contributed by atoms with van der Waals surface area (Å²) < 4.78 is 6.35. The summed E-state index contributed by atoms with van der Waals surface area (Å²) in [4.78, 5) is 0. The number of hydrogen-bond donors (Lipinski definition) is 2. The number of nitrogens with one attached hydrogen (secondary N) is 1.